The van der Waals surface area contributed by atoms with Gasteiger partial charge in [-0.1, -0.05) is 30.3 Å². The Kier molecular flexibility index (Phi) is 6.55. The molecule has 0 radical (unpaired) electrons. The Bertz CT molecular complexity index is 1190. The van der Waals surface area contributed by atoms with Crippen LogP contribution in [0.3, 0.4) is 0 Å². The van der Waals surface area contributed by atoms with E-state index in [-0.39, 0.29) is 5.91 Å². The zero-order valence-electron chi connectivity index (χ0n) is 18.2. The number of ether oxygens (including phenoxy) is 1. The maximum Gasteiger partial charge on any atom is 0.224 e. The monoisotopic (exact) mass is 427 g/mol. The SMILES string of the molecule is Cc1cc(C)n(-c2cc(Oc3ccc(NC(=O)CCCc4ccccc4)cc3)ncn2)n1. The van der Waals surface area contributed by atoms with Gasteiger partial charge in [-0.05, 0) is 62.6 Å². The number of carbonyl (C=O) groups excluding carboxylic acids is 1. The van der Waals surface area contributed by atoms with E-state index < -0.39 is 0 Å². The predicted octanol–water partition coefficient (Wildman–Crippen LogP) is 5.03. The molecule has 0 saturated heterocycles. The smallest absolute Gasteiger partial charge is 0.224 e. The molecule has 1 amide bonds. The maximum atomic E-state index is 12.2. The molecule has 2 aromatic carbocycles. The zero-order valence-corrected chi connectivity index (χ0v) is 18.2. The van der Waals surface area contributed by atoms with E-state index in [1.165, 1.54) is 11.9 Å². The van der Waals surface area contributed by atoms with E-state index in [4.69, 9.17) is 4.74 Å². The number of aryl methyl sites for hydroxylation is 3. The third-order valence-corrected chi connectivity index (χ3v) is 4.93. The third kappa shape index (κ3) is 5.57. The number of benzene rings is 2. The largest absolute Gasteiger partial charge is 0.439 e. The Balaban J connectivity index is 1.31. The van der Waals surface area contributed by atoms with Gasteiger partial charge >= 0.3 is 0 Å². The van der Waals surface area contributed by atoms with Crippen molar-refractivity contribution in [3.05, 3.63) is 90.0 Å². The molecule has 0 atom stereocenters. The molecule has 0 fully saturated rings. The van der Waals surface area contributed by atoms with Gasteiger partial charge in [0.05, 0.1) is 5.69 Å². The Morgan fingerprint density at radius 3 is 2.50 bits per heavy atom. The molecule has 1 N–H and O–H groups in total. The second kappa shape index (κ2) is 9.87. The molecular formula is C25H25N5O2. The maximum absolute atomic E-state index is 12.2. The summed E-state index contributed by atoms with van der Waals surface area (Å²) >= 11 is 0. The van der Waals surface area contributed by atoms with Gasteiger partial charge in [-0.3, -0.25) is 4.79 Å². The summed E-state index contributed by atoms with van der Waals surface area (Å²) in [7, 11) is 0. The predicted molar refractivity (Wildman–Crippen MR) is 123 cm³/mol. The zero-order chi connectivity index (χ0) is 22.3. The minimum Gasteiger partial charge on any atom is -0.439 e. The van der Waals surface area contributed by atoms with Gasteiger partial charge in [-0.2, -0.15) is 5.10 Å². The quantitative estimate of drug-likeness (QED) is 0.426. The third-order valence-electron chi connectivity index (χ3n) is 4.93. The van der Waals surface area contributed by atoms with E-state index in [0.717, 1.165) is 29.9 Å². The van der Waals surface area contributed by atoms with Crippen LogP contribution in [0.2, 0.25) is 0 Å². The van der Waals surface area contributed by atoms with Crippen LogP contribution in [0.25, 0.3) is 5.82 Å². The number of anilines is 1. The first-order chi connectivity index (χ1) is 15.6. The van der Waals surface area contributed by atoms with Crippen LogP contribution in [0.4, 0.5) is 5.69 Å². The van der Waals surface area contributed by atoms with Crippen molar-refractivity contribution in [1.82, 2.24) is 19.7 Å². The van der Waals surface area contributed by atoms with E-state index in [1.54, 1.807) is 22.9 Å². The summed E-state index contributed by atoms with van der Waals surface area (Å²) in [6.07, 6.45) is 3.62. The van der Waals surface area contributed by atoms with Crippen LogP contribution in [-0.2, 0) is 11.2 Å². The van der Waals surface area contributed by atoms with Gasteiger partial charge in [0.25, 0.3) is 0 Å². The molecule has 7 nitrogen and oxygen atoms in total. The Labute approximate surface area is 187 Å². The lowest BCUT2D eigenvalue weighted by molar-refractivity contribution is -0.116. The van der Waals surface area contributed by atoms with Crippen LogP contribution in [-0.4, -0.2) is 25.7 Å². The lowest BCUT2D eigenvalue weighted by atomic mass is 10.1. The summed E-state index contributed by atoms with van der Waals surface area (Å²) in [5, 5.41) is 7.36. The Morgan fingerprint density at radius 1 is 1.00 bits per heavy atom. The Morgan fingerprint density at radius 2 is 1.78 bits per heavy atom. The first-order valence-corrected chi connectivity index (χ1v) is 10.5. The highest BCUT2D eigenvalue weighted by molar-refractivity contribution is 5.90. The van der Waals surface area contributed by atoms with E-state index >= 15 is 0 Å². The number of carbonyl (C=O) groups is 1. The van der Waals surface area contributed by atoms with Crippen molar-refractivity contribution in [2.45, 2.75) is 33.1 Å². The van der Waals surface area contributed by atoms with Gasteiger partial charge in [0.15, 0.2) is 5.82 Å². The number of hydrogen-bond acceptors (Lipinski definition) is 5. The second-order valence-electron chi connectivity index (χ2n) is 7.57. The standard InChI is InChI=1S/C25H25N5O2/c1-18-15-19(2)30(29-18)23-16-25(27-17-26-23)32-22-13-11-21(12-14-22)28-24(31)10-6-9-20-7-4-3-5-8-20/h3-5,7-8,11-17H,6,9-10H2,1-2H3,(H,28,31). The molecule has 0 aliphatic heterocycles. The number of amides is 1. The van der Waals surface area contributed by atoms with Crippen LogP contribution in [0.15, 0.2) is 73.1 Å². The van der Waals surface area contributed by atoms with Crippen LogP contribution in [0, 0.1) is 13.8 Å². The number of rotatable bonds is 8. The van der Waals surface area contributed by atoms with Crippen molar-refractivity contribution < 1.29 is 9.53 Å². The summed E-state index contributed by atoms with van der Waals surface area (Å²) < 4.78 is 7.61. The van der Waals surface area contributed by atoms with E-state index in [0.29, 0.717) is 23.9 Å². The van der Waals surface area contributed by atoms with Crippen molar-refractivity contribution >= 4 is 11.6 Å². The molecule has 4 aromatic rings. The molecule has 0 aliphatic rings. The average molecular weight is 428 g/mol. The first-order valence-electron chi connectivity index (χ1n) is 10.5. The number of aromatic nitrogens is 4. The van der Waals surface area contributed by atoms with Gasteiger partial charge in [-0.25, -0.2) is 14.6 Å². The van der Waals surface area contributed by atoms with Crippen LogP contribution in [0.5, 0.6) is 11.6 Å². The van der Waals surface area contributed by atoms with E-state index in [1.807, 2.05) is 50.2 Å². The van der Waals surface area contributed by atoms with Crippen molar-refractivity contribution in [2.24, 2.45) is 0 Å². The minimum atomic E-state index is -0.0000670. The van der Waals surface area contributed by atoms with Gasteiger partial charge in [0, 0.05) is 23.9 Å². The molecule has 0 unspecified atom stereocenters. The first kappa shape index (κ1) is 21.2. The molecule has 0 spiro atoms. The number of nitrogens with zero attached hydrogens (tertiary/aromatic N) is 4. The van der Waals surface area contributed by atoms with Gasteiger partial charge < -0.3 is 10.1 Å². The fraction of sp³-hybridized carbons (Fsp3) is 0.200. The molecule has 4 rings (SSSR count). The highest BCUT2D eigenvalue weighted by Gasteiger charge is 2.08. The van der Waals surface area contributed by atoms with Crippen molar-refractivity contribution in [3.63, 3.8) is 0 Å². The summed E-state index contributed by atoms with van der Waals surface area (Å²) in [6, 6.07) is 21.1. The highest BCUT2D eigenvalue weighted by atomic mass is 16.5. The lowest BCUT2D eigenvalue weighted by Crippen LogP contribution is -2.11. The molecule has 0 aliphatic carbocycles. The number of hydrogen-bond donors (Lipinski definition) is 1. The van der Waals surface area contributed by atoms with Crippen LogP contribution < -0.4 is 10.1 Å². The topological polar surface area (TPSA) is 81.9 Å². The fourth-order valence-corrected chi connectivity index (χ4v) is 3.41. The molecule has 32 heavy (non-hydrogen) atoms. The summed E-state index contributed by atoms with van der Waals surface area (Å²) in [4.78, 5) is 20.7. The van der Waals surface area contributed by atoms with Crippen LogP contribution >= 0.6 is 0 Å². The molecule has 162 valence electrons. The highest BCUT2D eigenvalue weighted by Crippen LogP contribution is 2.23. The van der Waals surface area contributed by atoms with Crippen molar-refractivity contribution in [3.8, 4) is 17.4 Å². The number of nitrogens with one attached hydrogen (secondary N) is 1. The summed E-state index contributed by atoms with van der Waals surface area (Å²) in [5.41, 5.74) is 3.87. The van der Waals surface area contributed by atoms with E-state index in [9.17, 15) is 4.79 Å². The summed E-state index contributed by atoms with van der Waals surface area (Å²) in [5.74, 6) is 1.67. The molecule has 2 aromatic heterocycles. The van der Waals surface area contributed by atoms with E-state index in [2.05, 4.69) is 32.5 Å². The van der Waals surface area contributed by atoms with Gasteiger partial charge in [0.1, 0.15) is 12.1 Å². The molecule has 7 heteroatoms. The molecule has 0 bridgehead atoms. The molecule has 0 saturated carbocycles. The minimum absolute atomic E-state index is 0.0000670. The molecular weight excluding hydrogens is 402 g/mol. The van der Waals surface area contributed by atoms with Crippen molar-refractivity contribution in [2.75, 3.05) is 5.32 Å². The molecule has 2 heterocycles. The van der Waals surface area contributed by atoms with Gasteiger partial charge in [-0.15, -0.1) is 0 Å². The normalized spacial score (nSPS) is 10.7. The average Bonchev–Trinajstić information content (AvgIpc) is 3.14. The fourth-order valence-electron chi connectivity index (χ4n) is 3.41. The Hall–Kier alpha value is -4.00. The lowest BCUT2D eigenvalue weighted by Gasteiger charge is -2.09. The van der Waals surface area contributed by atoms with Crippen LogP contribution in [0.1, 0.15) is 29.8 Å². The van der Waals surface area contributed by atoms with Gasteiger partial charge in [0.2, 0.25) is 11.8 Å². The summed E-state index contributed by atoms with van der Waals surface area (Å²) in [6.45, 7) is 3.91. The second-order valence-corrected chi connectivity index (χ2v) is 7.57. The van der Waals surface area contributed by atoms with Crippen molar-refractivity contribution in [1.29, 1.82) is 0 Å².